The van der Waals surface area contributed by atoms with Gasteiger partial charge in [0, 0.05) is 23.3 Å². The van der Waals surface area contributed by atoms with E-state index in [1.807, 2.05) is 0 Å². The minimum absolute atomic E-state index is 0.0157. The molecule has 0 bridgehead atoms. The Kier molecular flexibility index (Phi) is 6.07. The summed E-state index contributed by atoms with van der Waals surface area (Å²) < 4.78 is 70.8. The molecule has 200 valence electrons. The molecule has 4 nitrogen and oxygen atoms in total. The molecule has 2 saturated carbocycles. The van der Waals surface area contributed by atoms with Crippen molar-refractivity contribution in [1.82, 2.24) is 0 Å². The van der Waals surface area contributed by atoms with E-state index in [4.69, 9.17) is 5.11 Å². The van der Waals surface area contributed by atoms with Crippen molar-refractivity contribution in [3.05, 3.63) is 58.2 Å². The number of hydrogen-bond donors (Lipinski definition) is 2. The number of carbonyl (C=O) groups excluding carboxylic acids is 2. The molecule has 0 radical (unpaired) electrons. The van der Waals surface area contributed by atoms with Crippen LogP contribution in [-0.2, 0) is 4.79 Å². The lowest BCUT2D eigenvalue weighted by molar-refractivity contribution is -0.362. The number of aliphatic hydroxyl groups is 2. The van der Waals surface area contributed by atoms with E-state index in [0.717, 1.165) is 16.7 Å². The molecule has 0 spiro atoms. The maximum Gasteiger partial charge on any atom is 0.456 e. The first kappa shape index (κ1) is 26.2. The first-order valence-electron chi connectivity index (χ1n) is 12.6. The zero-order chi connectivity index (χ0) is 27.0. The quantitative estimate of drug-likeness (QED) is 0.392. The number of ketones is 2. The van der Waals surface area contributed by atoms with Gasteiger partial charge in [0.05, 0.1) is 0 Å². The van der Waals surface area contributed by atoms with Gasteiger partial charge in [-0.25, -0.2) is 0 Å². The maximum atomic E-state index is 15.0. The van der Waals surface area contributed by atoms with Gasteiger partial charge in [-0.05, 0) is 73.1 Å². The molecule has 0 unspecified atom stereocenters. The van der Waals surface area contributed by atoms with Gasteiger partial charge in [-0.1, -0.05) is 36.8 Å². The van der Waals surface area contributed by atoms with E-state index in [1.54, 1.807) is 18.2 Å². The number of carbonyl (C=O) groups is 2. The number of fused-ring (bicyclic) bond motifs is 4. The molecule has 5 rings (SSSR count). The summed E-state index contributed by atoms with van der Waals surface area (Å²) >= 11 is 0. The second kappa shape index (κ2) is 8.56. The van der Waals surface area contributed by atoms with Crippen molar-refractivity contribution in [2.45, 2.75) is 75.5 Å². The minimum Gasteiger partial charge on any atom is -0.388 e. The summed E-state index contributed by atoms with van der Waals surface area (Å²) in [6.45, 7) is 0.694. The Morgan fingerprint density at radius 2 is 1.73 bits per heavy atom. The predicted molar refractivity (Wildman–Crippen MR) is 124 cm³/mol. The van der Waals surface area contributed by atoms with Crippen LogP contribution in [0.2, 0.25) is 0 Å². The van der Waals surface area contributed by atoms with E-state index >= 15 is 0 Å². The highest BCUT2D eigenvalue weighted by Crippen LogP contribution is 2.70. The summed E-state index contributed by atoms with van der Waals surface area (Å²) in [4.78, 5) is 24.0. The first-order valence-corrected chi connectivity index (χ1v) is 12.6. The number of alkyl halides is 5. The molecule has 1 aromatic carbocycles. The highest BCUT2D eigenvalue weighted by molar-refractivity contribution is 5.97. The van der Waals surface area contributed by atoms with E-state index in [0.29, 0.717) is 31.2 Å². The third kappa shape index (κ3) is 3.67. The van der Waals surface area contributed by atoms with Crippen LogP contribution in [0.1, 0.15) is 73.7 Å². The number of allylic oxidation sites excluding steroid dienone is 4. The van der Waals surface area contributed by atoms with E-state index in [2.05, 4.69) is 0 Å². The third-order valence-corrected chi connectivity index (χ3v) is 9.54. The molecule has 2 fully saturated rings. The standard InChI is InChI=1S/C28H29F5O4/c1-25-13-21(15-2-4-16(5-3-15)23(36)14-34)24-19-9-7-18(35)12-17(19)6-8-20(24)22(25)10-11-26(25,37)27(29,30)28(31,32)33/h2-5,12,20-22,34,37H,6-11,13-14H2,1H3/t20-,21+,22-,25-,26-/m0/s1. The number of aliphatic hydroxyl groups excluding tert-OH is 1. The van der Waals surface area contributed by atoms with Gasteiger partial charge in [-0.2, -0.15) is 22.0 Å². The van der Waals surface area contributed by atoms with Crippen molar-refractivity contribution in [2.75, 3.05) is 6.61 Å². The predicted octanol–water partition coefficient (Wildman–Crippen LogP) is 5.69. The van der Waals surface area contributed by atoms with Crippen LogP contribution in [0.25, 0.3) is 0 Å². The molecule has 0 heterocycles. The number of hydrogen-bond acceptors (Lipinski definition) is 4. The van der Waals surface area contributed by atoms with E-state index in [-0.39, 0.29) is 30.1 Å². The zero-order valence-corrected chi connectivity index (χ0v) is 20.4. The van der Waals surface area contributed by atoms with E-state index < -0.39 is 53.8 Å². The van der Waals surface area contributed by atoms with Crippen molar-refractivity contribution in [2.24, 2.45) is 17.3 Å². The molecule has 0 aliphatic heterocycles. The van der Waals surface area contributed by atoms with Gasteiger partial charge in [0.15, 0.2) is 11.6 Å². The van der Waals surface area contributed by atoms with Gasteiger partial charge in [-0.15, -0.1) is 0 Å². The zero-order valence-electron chi connectivity index (χ0n) is 20.4. The normalized spacial score (nSPS) is 34.0. The Hall–Kier alpha value is -2.39. The molecule has 0 aromatic heterocycles. The molecule has 37 heavy (non-hydrogen) atoms. The topological polar surface area (TPSA) is 74.6 Å². The Labute approximate surface area is 211 Å². The lowest BCUT2D eigenvalue weighted by Crippen LogP contribution is -2.65. The molecule has 4 aliphatic rings. The van der Waals surface area contributed by atoms with Crippen molar-refractivity contribution < 1.29 is 41.8 Å². The van der Waals surface area contributed by atoms with Crippen LogP contribution in [0.15, 0.2) is 47.1 Å². The number of benzene rings is 1. The van der Waals surface area contributed by atoms with Gasteiger partial charge >= 0.3 is 12.1 Å². The second-order valence-corrected chi connectivity index (χ2v) is 11.2. The Bertz CT molecular complexity index is 1200. The molecule has 2 N–H and O–H groups in total. The lowest BCUT2D eigenvalue weighted by atomic mass is 9.50. The fraction of sp³-hybridized carbons (Fsp3) is 0.571. The average Bonchev–Trinajstić information content (AvgIpc) is 3.13. The largest absolute Gasteiger partial charge is 0.456 e. The molecule has 4 aliphatic carbocycles. The summed E-state index contributed by atoms with van der Waals surface area (Å²) in [5, 5.41) is 20.4. The molecular weight excluding hydrogens is 495 g/mol. The van der Waals surface area contributed by atoms with Crippen LogP contribution in [0.3, 0.4) is 0 Å². The van der Waals surface area contributed by atoms with Gasteiger partial charge in [0.1, 0.15) is 12.2 Å². The highest BCUT2D eigenvalue weighted by atomic mass is 19.4. The Balaban J connectivity index is 1.67. The number of Topliss-reactive ketones (excluding diaryl/α,β-unsaturated/α-hetero) is 1. The van der Waals surface area contributed by atoms with E-state index in [1.165, 1.54) is 19.1 Å². The fourth-order valence-corrected chi connectivity index (χ4v) is 7.71. The molecular formula is C28H29F5O4. The van der Waals surface area contributed by atoms with Crippen LogP contribution < -0.4 is 0 Å². The van der Waals surface area contributed by atoms with Crippen molar-refractivity contribution in [3.8, 4) is 0 Å². The lowest BCUT2D eigenvalue weighted by Gasteiger charge is -2.56. The van der Waals surface area contributed by atoms with Crippen LogP contribution in [0.4, 0.5) is 22.0 Å². The van der Waals surface area contributed by atoms with Crippen molar-refractivity contribution in [3.63, 3.8) is 0 Å². The van der Waals surface area contributed by atoms with Crippen LogP contribution in [0, 0.1) is 17.3 Å². The van der Waals surface area contributed by atoms with Gasteiger partial charge < -0.3 is 10.2 Å². The molecule has 9 heteroatoms. The summed E-state index contributed by atoms with van der Waals surface area (Å²) in [5.74, 6) is -7.20. The molecule has 5 atom stereocenters. The van der Waals surface area contributed by atoms with Crippen molar-refractivity contribution >= 4 is 11.6 Å². The Morgan fingerprint density at radius 3 is 2.35 bits per heavy atom. The number of rotatable bonds is 4. The smallest absolute Gasteiger partial charge is 0.388 e. The molecule has 1 aromatic rings. The summed E-state index contributed by atoms with van der Waals surface area (Å²) in [6.07, 6.45) is -3.17. The maximum absolute atomic E-state index is 15.0. The fourth-order valence-electron chi connectivity index (χ4n) is 7.71. The summed E-state index contributed by atoms with van der Waals surface area (Å²) in [5.41, 5.74) is -1.24. The molecule has 0 saturated heterocycles. The summed E-state index contributed by atoms with van der Waals surface area (Å²) in [6, 6.07) is 6.31. The van der Waals surface area contributed by atoms with E-state index in [9.17, 15) is 36.6 Å². The second-order valence-electron chi connectivity index (χ2n) is 11.2. The first-order chi connectivity index (χ1) is 17.2. The van der Waals surface area contributed by atoms with Crippen LogP contribution >= 0.6 is 0 Å². The third-order valence-electron chi connectivity index (χ3n) is 9.54. The van der Waals surface area contributed by atoms with Crippen molar-refractivity contribution in [1.29, 1.82) is 0 Å². The molecule has 0 amide bonds. The van der Waals surface area contributed by atoms with Gasteiger partial charge in [-0.3, -0.25) is 9.59 Å². The Morgan fingerprint density at radius 1 is 1.05 bits per heavy atom. The van der Waals surface area contributed by atoms with Gasteiger partial charge in [0.25, 0.3) is 0 Å². The summed E-state index contributed by atoms with van der Waals surface area (Å²) in [7, 11) is 0. The monoisotopic (exact) mass is 524 g/mol. The minimum atomic E-state index is -5.90. The SMILES string of the molecule is C[C@]12C[C@H](c3ccc(C(=O)CO)cc3)C3=C4CCC(=O)C=C4CC[C@H]3[C@@H]1CC[C@@]2(O)C(F)(F)C(F)(F)F. The van der Waals surface area contributed by atoms with Crippen LogP contribution in [-0.4, -0.2) is 46.1 Å². The highest BCUT2D eigenvalue weighted by Gasteiger charge is 2.79. The van der Waals surface area contributed by atoms with Gasteiger partial charge in [0.2, 0.25) is 0 Å². The average molecular weight is 525 g/mol. The number of halogens is 5. The van der Waals surface area contributed by atoms with Crippen LogP contribution in [0.5, 0.6) is 0 Å².